The summed E-state index contributed by atoms with van der Waals surface area (Å²) in [6.45, 7) is 2.04. The summed E-state index contributed by atoms with van der Waals surface area (Å²) in [5.41, 5.74) is 0.796. The van der Waals surface area contributed by atoms with E-state index in [1.807, 2.05) is 18.2 Å². The molecule has 2 fully saturated rings. The topological polar surface area (TPSA) is 73.9 Å². The Morgan fingerprint density at radius 2 is 2.12 bits per heavy atom. The highest BCUT2D eigenvalue weighted by Gasteiger charge is 2.58. The molecule has 3 amide bonds. The lowest BCUT2D eigenvalue weighted by Gasteiger charge is -2.38. The van der Waals surface area contributed by atoms with Crippen molar-refractivity contribution in [3.63, 3.8) is 0 Å². The average molecular weight is 358 g/mol. The minimum absolute atomic E-state index is 0.106. The Hall–Kier alpha value is -2.28. The first-order valence-corrected chi connectivity index (χ1v) is 9.33. The zero-order chi connectivity index (χ0) is 18.3. The number of amides is 3. The van der Waals surface area contributed by atoms with Gasteiger partial charge in [-0.3, -0.25) is 9.69 Å². The zero-order valence-corrected chi connectivity index (χ0v) is 15.4. The van der Waals surface area contributed by atoms with Crippen LogP contribution in [-0.2, 0) is 10.3 Å². The van der Waals surface area contributed by atoms with Gasteiger partial charge in [0, 0.05) is 49.9 Å². The van der Waals surface area contributed by atoms with Crippen LogP contribution in [0.5, 0.6) is 5.75 Å². The maximum atomic E-state index is 13.5. The number of carbonyl (C=O) groups excluding carboxylic acids is 2. The van der Waals surface area contributed by atoms with Gasteiger partial charge in [-0.1, -0.05) is 12.5 Å². The fourth-order valence-electron chi connectivity index (χ4n) is 4.50. The molecule has 4 rings (SSSR count). The van der Waals surface area contributed by atoms with Crippen molar-refractivity contribution in [1.29, 1.82) is 0 Å². The van der Waals surface area contributed by atoms with E-state index in [2.05, 4.69) is 10.6 Å². The van der Waals surface area contributed by atoms with Crippen molar-refractivity contribution in [3.8, 4) is 5.75 Å². The van der Waals surface area contributed by atoms with Crippen molar-refractivity contribution >= 4 is 17.6 Å². The molecule has 7 nitrogen and oxygen atoms in total. The number of nitrogens with one attached hydrogen (secondary N) is 2. The largest absolute Gasteiger partial charge is 0.497 e. The Bertz CT molecular complexity index is 731. The second-order valence-corrected chi connectivity index (χ2v) is 7.35. The Balaban J connectivity index is 1.68. The van der Waals surface area contributed by atoms with Crippen LogP contribution < -0.4 is 15.4 Å². The molecule has 0 bridgehead atoms. The molecule has 0 aliphatic carbocycles. The molecule has 2 atom stereocenters. The summed E-state index contributed by atoms with van der Waals surface area (Å²) < 4.78 is 5.30. The molecule has 3 aliphatic heterocycles. The highest BCUT2D eigenvalue weighted by atomic mass is 16.5. The molecule has 3 heterocycles. The number of anilines is 1. The number of benzene rings is 1. The van der Waals surface area contributed by atoms with Crippen molar-refractivity contribution in [2.75, 3.05) is 39.1 Å². The van der Waals surface area contributed by atoms with Crippen LogP contribution in [0.4, 0.5) is 10.5 Å². The Morgan fingerprint density at radius 1 is 1.27 bits per heavy atom. The van der Waals surface area contributed by atoms with Crippen molar-refractivity contribution in [1.82, 2.24) is 15.1 Å². The summed E-state index contributed by atoms with van der Waals surface area (Å²) in [4.78, 5) is 29.5. The van der Waals surface area contributed by atoms with Gasteiger partial charge in [0.1, 0.15) is 5.75 Å². The van der Waals surface area contributed by atoms with Crippen LogP contribution in [0.2, 0.25) is 0 Å². The predicted molar refractivity (Wildman–Crippen MR) is 98.3 cm³/mol. The quantitative estimate of drug-likeness (QED) is 0.805. The molecule has 0 radical (unpaired) electrons. The van der Waals surface area contributed by atoms with Crippen LogP contribution in [0.15, 0.2) is 18.2 Å². The normalized spacial score (nSPS) is 28.3. The number of methoxy groups -OCH3 is 1. The van der Waals surface area contributed by atoms with Gasteiger partial charge in [0.15, 0.2) is 5.54 Å². The molecule has 1 spiro atoms. The summed E-state index contributed by atoms with van der Waals surface area (Å²) >= 11 is 0. The number of urea groups is 1. The van der Waals surface area contributed by atoms with Crippen LogP contribution in [-0.4, -0.2) is 61.6 Å². The number of nitrogens with zero attached hydrogens (tertiary/aromatic N) is 2. The summed E-state index contributed by atoms with van der Waals surface area (Å²) in [5.74, 6) is 0.626. The molecule has 2 N–H and O–H groups in total. The fraction of sp³-hybridized carbons (Fsp3) is 0.579. The number of hydrogen-bond acceptors (Lipinski definition) is 5. The number of fused-ring (bicyclic) bond motifs is 2. The summed E-state index contributed by atoms with van der Waals surface area (Å²) in [7, 11) is 3.36. The van der Waals surface area contributed by atoms with Gasteiger partial charge in [0.25, 0.3) is 5.91 Å². The lowest BCUT2D eigenvalue weighted by Crippen LogP contribution is -2.50. The van der Waals surface area contributed by atoms with Crippen molar-refractivity contribution in [2.24, 2.45) is 0 Å². The molecule has 26 heavy (non-hydrogen) atoms. The average Bonchev–Trinajstić information content (AvgIpc) is 2.85. The number of imide groups is 1. The second kappa shape index (κ2) is 6.46. The molecule has 7 heteroatoms. The van der Waals surface area contributed by atoms with Gasteiger partial charge < -0.3 is 20.3 Å². The van der Waals surface area contributed by atoms with E-state index in [4.69, 9.17) is 4.74 Å². The third kappa shape index (κ3) is 2.45. The van der Waals surface area contributed by atoms with Crippen molar-refractivity contribution in [2.45, 2.75) is 37.3 Å². The molecule has 1 aromatic rings. The van der Waals surface area contributed by atoms with Crippen LogP contribution in [0.25, 0.3) is 0 Å². The molecule has 2 saturated heterocycles. The maximum absolute atomic E-state index is 13.5. The van der Waals surface area contributed by atoms with E-state index in [1.54, 1.807) is 19.1 Å². The summed E-state index contributed by atoms with van der Waals surface area (Å²) in [5, 5.41) is 6.77. The first-order chi connectivity index (χ1) is 12.6. The second-order valence-electron chi connectivity index (χ2n) is 7.35. The molecular formula is C19H26N4O3. The molecule has 140 valence electrons. The molecule has 3 aliphatic rings. The molecule has 1 aromatic carbocycles. The smallest absolute Gasteiger partial charge is 0.327 e. The van der Waals surface area contributed by atoms with Gasteiger partial charge in [0.2, 0.25) is 0 Å². The monoisotopic (exact) mass is 358 g/mol. The molecule has 2 unspecified atom stereocenters. The first-order valence-electron chi connectivity index (χ1n) is 9.33. The van der Waals surface area contributed by atoms with Crippen LogP contribution >= 0.6 is 0 Å². The number of carbonyl (C=O) groups is 2. The number of likely N-dealkylation sites (N-methyl/N-ethyl adjacent to an activating group) is 1. The first kappa shape index (κ1) is 17.1. The van der Waals surface area contributed by atoms with Crippen LogP contribution in [0.1, 0.15) is 31.2 Å². The number of hydrogen-bond donors (Lipinski definition) is 2. The van der Waals surface area contributed by atoms with E-state index in [-0.39, 0.29) is 18.0 Å². The van der Waals surface area contributed by atoms with E-state index in [0.717, 1.165) is 42.8 Å². The highest BCUT2D eigenvalue weighted by molar-refractivity contribution is 6.08. The molecule has 0 saturated carbocycles. The van der Waals surface area contributed by atoms with Gasteiger partial charge in [-0.05, 0) is 25.5 Å². The van der Waals surface area contributed by atoms with E-state index in [9.17, 15) is 9.59 Å². The SMILES string of the molecule is COc1ccc2c(c1)NCCC21C(=O)N(CC2CCCCN2)C(=O)N1C. The summed E-state index contributed by atoms with van der Waals surface area (Å²) in [6.07, 6.45) is 3.87. The molecular weight excluding hydrogens is 332 g/mol. The predicted octanol–water partition coefficient (Wildman–Crippen LogP) is 1.74. The highest BCUT2D eigenvalue weighted by Crippen LogP contribution is 2.45. The number of piperidine rings is 1. The van der Waals surface area contributed by atoms with Gasteiger partial charge in [0.05, 0.1) is 7.11 Å². The number of ether oxygens (including phenoxy) is 1. The van der Waals surface area contributed by atoms with Gasteiger partial charge >= 0.3 is 6.03 Å². The summed E-state index contributed by atoms with van der Waals surface area (Å²) in [6, 6.07) is 5.64. The van der Waals surface area contributed by atoms with E-state index < -0.39 is 5.54 Å². The van der Waals surface area contributed by atoms with Crippen LogP contribution in [0.3, 0.4) is 0 Å². The van der Waals surface area contributed by atoms with Gasteiger partial charge in [-0.15, -0.1) is 0 Å². The lowest BCUT2D eigenvalue weighted by molar-refractivity contribution is -0.134. The van der Waals surface area contributed by atoms with Crippen LogP contribution in [0, 0.1) is 0 Å². The standard InChI is InChI=1S/C19H26N4O3/c1-22-18(25)23(12-13-5-3-4-9-20-13)17(24)19(22)8-10-21-16-11-14(26-2)6-7-15(16)19/h6-7,11,13,20-21H,3-5,8-10,12H2,1-2H3. The Kier molecular flexibility index (Phi) is 4.26. The number of rotatable bonds is 3. The third-order valence-electron chi connectivity index (χ3n) is 5.98. The fourth-order valence-corrected chi connectivity index (χ4v) is 4.50. The minimum atomic E-state index is -0.918. The van der Waals surface area contributed by atoms with E-state index in [0.29, 0.717) is 19.5 Å². The minimum Gasteiger partial charge on any atom is -0.497 e. The van der Waals surface area contributed by atoms with E-state index in [1.165, 1.54) is 4.90 Å². The zero-order valence-electron chi connectivity index (χ0n) is 15.4. The van der Waals surface area contributed by atoms with E-state index >= 15 is 0 Å². The maximum Gasteiger partial charge on any atom is 0.327 e. The third-order valence-corrected chi connectivity index (χ3v) is 5.98. The van der Waals surface area contributed by atoms with Crippen molar-refractivity contribution < 1.29 is 14.3 Å². The Morgan fingerprint density at radius 3 is 2.85 bits per heavy atom. The Labute approximate surface area is 153 Å². The van der Waals surface area contributed by atoms with Crippen molar-refractivity contribution in [3.05, 3.63) is 23.8 Å². The van der Waals surface area contributed by atoms with Gasteiger partial charge in [-0.2, -0.15) is 0 Å². The molecule has 0 aromatic heterocycles. The lowest BCUT2D eigenvalue weighted by atomic mass is 9.81. The van der Waals surface area contributed by atoms with Gasteiger partial charge in [-0.25, -0.2) is 4.79 Å².